The number of hydrogen-bond acceptors (Lipinski definition) is 4. The molecule has 3 N–H and O–H groups in total. The maximum Gasteiger partial charge on any atom is 0.263 e. The van der Waals surface area contributed by atoms with Gasteiger partial charge in [0.2, 0.25) is 0 Å². The fraction of sp³-hybridized carbons (Fsp3) is 0.500. The number of nitrogen functional groups attached to an aromatic ring is 1. The zero-order chi connectivity index (χ0) is 11.3. The minimum Gasteiger partial charge on any atom is -0.397 e. The molecule has 0 aliphatic rings. The number of nitrogens with one attached hydrogen (secondary N) is 1. The first-order valence-electron chi connectivity index (χ1n) is 4.88. The predicted octanol–water partition coefficient (Wildman–Crippen LogP) is 1.49. The topological polar surface area (TPSA) is 64.3 Å². The van der Waals surface area contributed by atoms with Crippen LogP contribution in [0.15, 0.2) is 11.4 Å². The molecule has 1 amide bonds. The maximum atomic E-state index is 11.6. The monoisotopic (exact) mass is 228 g/mol. The summed E-state index contributed by atoms with van der Waals surface area (Å²) in [4.78, 5) is 12.2. The average Bonchev–Trinajstić information content (AvgIpc) is 2.61. The van der Waals surface area contributed by atoms with Gasteiger partial charge in [0.25, 0.3) is 5.91 Å². The van der Waals surface area contributed by atoms with E-state index in [9.17, 15) is 4.79 Å². The predicted molar refractivity (Wildman–Crippen MR) is 62.2 cm³/mol. The largest absolute Gasteiger partial charge is 0.397 e. The number of carbonyl (C=O) groups is 1. The van der Waals surface area contributed by atoms with Gasteiger partial charge in [0.05, 0.1) is 11.8 Å². The average molecular weight is 228 g/mol. The quantitative estimate of drug-likeness (QED) is 0.802. The van der Waals surface area contributed by atoms with Crippen LogP contribution in [-0.2, 0) is 4.74 Å². The first kappa shape index (κ1) is 12.0. The summed E-state index contributed by atoms with van der Waals surface area (Å²) in [6.45, 7) is 5.00. The van der Waals surface area contributed by atoms with E-state index in [4.69, 9.17) is 10.5 Å². The molecule has 0 bridgehead atoms. The Morgan fingerprint density at radius 1 is 1.73 bits per heavy atom. The minimum atomic E-state index is -0.131. The molecule has 0 saturated heterocycles. The van der Waals surface area contributed by atoms with Crippen LogP contribution in [0.3, 0.4) is 0 Å². The van der Waals surface area contributed by atoms with Crippen molar-refractivity contribution in [3.05, 3.63) is 16.3 Å². The first-order chi connectivity index (χ1) is 7.15. The lowest BCUT2D eigenvalue weighted by Crippen LogP contribution is -2.31. The molecule has 84 valence electrons. The molecular formula is C10H16N2O2S. The SMILES string of the molecule is CCOC(C)CNC(=O)c1sccc1N. The third kappa shape index (κ3) is 3.53. The van der Waals surface area contributed by atoms with Crippen molar-refractivity contribution in [1.29, 1.82) is 0 Å². The van der Waals surface area contributed by atoms with Crippen LogP contribution in [0.5, 0.6) is 0 Å². The minimum absolute atomic E-state index is 0.0279. The van der Waals surface area contributed by atoms with E-state index in [0.717, 1.165) is 0 Å². The highest BCUT2D eigenvalue weighted by atomic mass is 32.1. The number of carbonyl (C=O) groups excluding carboxylic acids is 1. The van der Waals surface area contributed by atoms with Crippen LogP contribution in [0.2, 0.25) is 0 Å². The zero-order valence-electron chi connectivity index (χ0n) is 8.95. The van der Waals surface area contributed by atoms with Crippen LogP contribution >= 0.6 is 11.3 Å². The Kier molecular flexibility index (Phi) is 4.58. The highest BCUT2D eigenvalue weighted by molar-refractivity contribution is 7.12. The fourth-order valence-electron chi connectivity index (χ4n) is 1.16. The summed E-state index contributed by atoms with van der Waals surface area (Å²) < 4.78 is 5.30. The third-order valence-electron chi connectivity index (χ3n) is 1.90. The Morgan fingerprint density at radius 3 is 3.00 bits per heavy atom. The number of ether oxygens (including phenoxy) is 1. The van der Waals surface area contributed by atoms with Crippen molar-refractivity contribution in [2.45, 2.75) is 20.0 Å². The molecule has 0 fully saturated rings. The van der Waals surface area contributed by atoms with Gasteiger partial charge in [-0.25, -0.2) is 0 Å². The van der Waals surface area contributed by atoms with Gasteiger partial charge >= 0.3 is 0 Å². The Labute approximate surface area is 93.4 Å². The molecule has 1 heterocycles. The van der Waals surface area contributed by atoms with E-state index in [1.54, 1.807) is 11.4 Å². The van der Waals surface area contributed by atoms with E-state index in [1.807, 2.05) is 13.8 Å². The number of anilines is 1. The van der Waals surface area contributed by atoms with Gasteiger partial charge in [0.1, 0.15) is 4.88 Å². The van der Waals surface area contributed by atoms with E-state index < -0.39 is 0 Å². The number of rotatable bonds is 5. The second-order valence-electron chi connectivity index (χ2n) is 3.18. The lowest BCUT2D eigenvalue weighted by molar-refractivity contribution is 0.0697. The van der Waals surface area contributed by atoms with Crippen LogP contribution < -0.4 is 11.1 Å². The van der Waals surface area contributed by atoms with Gasteiger partial charge in [-0.1, -0.05) is 0 Å². The van der Waals surface area contributed by atoms with Gasteiger partial charge in [-0.3, -0.25) is 4.79 Å². The molecule has 1 unspecified atom stereocenters. The van der Waals surface area contributed by atoms with Crippen molar-refractivity contribution in [2.24, 2.45) is 0 Å². The third-order valence-corrected chi connectivity index (χ3v) is 2.83. The van der Waals surface area contributed by atoms with Crippen molar-refractivity contribution in [2.75, 3.05) is 18.9 Å². The van der Waals surface area contributed by atoms with Gasteiger partial charge in [0, 0.05) is 13.2 Å². The first-order valence-corrected chi connectivity index (χ1v) is 5.75. The van der Waals surface area contributed by atoms with Crippen molar-refractivity contribution in [3.63, 3.8) is 0 Å². The summed E-state index contributed by atoms with van der Waals surface area (Å²) in [5, 5.41) is 4.58. The standard InChI is InChI=1S/C10H16N2O2S/c1-3-14-7(2)6-12-10(13)9-8(11)4-5-15-9/h4-5,7H,3,6,11H2,1-2H3,(H,12,13). The van der Waals surface area contributed by atoms with Gasteiger partial charge in [-0.15, -0.1) is 11.3 Å². The molecule has 0 spiro atoms. The van der Waals surface area contributed by atoms with E-state index in [2.05, 4.69) is 5.32 Å². The maximum absolute atomic E-state index is 11.6. The normalized spacial score (nSPS) is 12.4. The van der Waals surface area contributed by atoms with Gasteiger partial charge in [0.15, 0.2) is 0 Å². The molecule has 0 aliphatic heterocycles. The van der Waals surface area contributed by atoms with Crippen LogP contribution in [0.4, 0.5) is 5.69 Å². The van der Waals surface area contributed by atoms with Crippen LogP contribution in [0, 0.1) is 0 Å². The molecule has 0 saturated carbocycles. The highest BCUT2D eigenvalue weighted by Crippen LogP contribution is 2.18. The Hall–Kier alpha value is -1.07. The summed E-state index contributed by atoms with van der Waals surface area (Å²) in [5.41, 5.74) is 6.15. The molecule has 15 heavy (non-hydrogen) atoms. The summed E-state index contributed by atoms with van der Waals surface area (Å²) in [5.74, 6) is -0.131. The second-order valence-corrected chi connectivity index (χ2v) is 4.10. The van der Waals surface area contributed by atoms with Crippen molar-refractivity contribution >= 4 is 22.9 Å². The molecule has 0 aromatic carbocycles. The van der Waals surface area contributed by atoms with Crippen molar-refractivity contribution in [1.82, 2.24) is 5.32 Å². The molecule has 4 nitrogen and oxygen atoms in total. The van der Waals surface area contributed by atoms with Crippen LogP contribution in [0.25, 0.3) is 0 Å². The molecule has 5 heteroatoms. The fourth-order valence-corrected chi connectivity index (χ4v) is 1.90. The summed E-state index contributed by atoms with van der Waals surface area (Å²) in [7, 11) is 0. The Morgan fingerprint density at radius 2 is 2.47 bits per heavy atom. The van der Waals surface area contributed by atoms with Crippen LogP contribution in [0.1, 0.15) is 23.5 Å². The van der Waals surface area contributed by atoms with Crippen LogP contribution in [-0.4, -0.2) is 25.2 Å². The van der Waals surface area contributed by atoms with E-state index in [1.165, 1.54) is 11.3 Å². The lowest BCUT2D eigenvalue weighted by Gasteiger charge is -2.12. The molecule has 0 aliphatic carbocycles. The van der Waals surface area contributed by atoms with E-state index >= 15 is 0 Å². The molecule has 1 aromatic heterocycles. The summed E-state index contributed by atoms with van der Waals surface area (Å²) in [6.07, 6.45) is 0.0279. The lowest BCUT2D eigenvalue weighted by atomic mass is 10.3. The smallest absolute Gasteiger partial charge is 0.263 e. The Bertz CT molecular complexity index is 325. The number of thiophene rings is 1. The number of hydrogen-bond donors (Lipinski definition) is 2. The molecular weight excluding hydrogens is 212 g/mol. The molecule has 1 atom stereocenters. The van der Waals surface area contributed by atoms with E-state index in [-0.39, 0.29) is 12.0 Å². The molecule has 0 radical (unpaired) electrons. The second kappa shape index (κ2) is 5.72. The summed E-state index contributed by atoms with van der Waals surface area (Å²) in [6, 6.07) is 1.73. The summed E-state index contributed by atoms with van der Waals surface area (Å²) >= 11 is 1.34. The van der Waals surface area contributed by atoms with Gasteiger partial charge < -0.3 is 15.8 Å². The van der Waals surface area contributed by atoms with Crippen molar-refractivity contribution in [3.8, 4) is 0 Å². The molecule has 1 aromatic rings. The molecule has 1 rings (SSSR count). The zero-order valence-corrected chi connectivity index (χ0v) is 9.76. The van der Waals surface area contributed by atoms with Crippen molar-refractivity contribution < 1.29 is 9.53 Å². The van der Waals surface area contributed by atoms with Gasteiger partial charge in [-0.2, -0.15) is 0 Å². The number of amides is 1. The van der Waals surface area contributed by atoms with E-state index in [0.29, 0.717) is 23.7 Å². The number of nitrogens with two attached hydrogens (primary N) is 1. The Balaban J connectivity index is 2.40. The van der Waals surface area contributed by atoms with Gasteiger partial charge in [-0.05, 0) is 25.3 Å². The highest BCUT2D eigenvalue weighted by Gasteiger charge is 2.11.